The van der Waals surface area contributed by atoms with Gasteiger partial charge in [0.2, 0.25) is 0 Å². The average molecular weight is 200 g/mol. The van der Waals surface area contributed by atoms with Crippen LogP contribution in [0.4, 0.5) is 0 Å². The minimum absolute atomic E-state index is 0.318. The molecule has 0 saturated heterocycles. The van der Waals surface area contributed by atoms with E-state index in [1.165, 1.54) is 0 Å². The third kappa shape index (κ3) is 6.66. The van der Waals surface area contributed by atoms with E-state index >= 15 is 0 Å². The standard InChI is InChI=1S/C11H20O3/c1-6-7-8-13-9(2)10(12)14-11(3,4)5/h6,9H,1,7-8H2,2-5H3. The summed E-state index contributed by atoms with van der Waals surface area (Å²) in [6, 6.07) is 0. The normalized spacial score (nSPS) is 13.4. The number of hydrogen-bond donors (Lipinski definition) is 0. The molecule has 0 fully saturated rings. The maximum Gasteiger partial charge on any atom is 0.335 e. The summed E-state index contributed by atoms with van der Waals surface area (Å²) >= 11 is 0. The van der Waals surface area contributed by atoms with Crippen molar-refractivity contribution in [2.24, 2.45) is 0 Å². The molecule has 0 aromatic heterocycles. The van der Waals surface area contributed by atoms with Crippen molar-refractivity contribution in [1.82, 2.24) is 0 Å². The zero-order valence-corrected chi connectivity index (χ0v) is 9.50. The molecule has 0 heterocycles. The lowest BCUT2D eigenvalue weighted by Crippen LogP contribution is -2.31. The summed E-state index contributed by atoms with van der Waals surface area (Å²) in [6.07, 6.45) is 1.99. The van der Waals surface area contributed by atoms with E-state index in [-0.39, 0.29) is 5.97 Å². The van der Waals surface area contributed by atoms with Gasteiger partial charge in [0.05, 0.1) is 6.61 Å². The van der Waals surface area contributed by atoms with E-state index in [4.69, 9.17) is 9.47 Å². The average Bonchev–Trinajstić information content (AvgIpc) is 2.01. The fraction of sp³-hybridized carbons (Fsp3) is 0.727. The molecule has 0 aromatic rings. The molecule has 0 rings (SSSR count). The predicted molar refractivity (Wildman–Crippen MR) is 56.1 cm³/mol. The lowest BCUT2D eigenvalue weighted by Gasteiger charge is -2.22. The van der Waals surface area contributed by atoms with Gasteiger partial charge < -0.3 is 9.47 Å². The summed E-state index contributed by atoms with van der Waals surface area (Å²) in [5.74, 6) is -0.318. The van der Waals surface area contributed by atoms with Crippen LogP contribution in [0.2, 0.25) is 0 Å². The lowest BCUT2D eigenvalue weighted by atomic mass is 10.2. The smallest absolute Gasteiger partial charge is 0.335 e. The minimum Gasteiger partial charge on any atom is -0.458 e. The van der Waals surface area contributed by atoms with Crippen LogP contribution in [0.5, 0.6) is 0 Å². The quantitative estimate of drug-likeness (QED) is 0.388. The Morgan fingerprint density at radius 1 is 1.50 bits per heavy atom. The second-order valence-electron chi connectivity index (χ2n) is 4.12. The first kappa shape index (κ1) is 13.2. The molecule has 1 atom stereocenters. The highest BCUT2D eigenvalue weighted by Gasteiger charge is 2.21. The molecule has 0 aliphatic rings. The van der Waals surface area contributed by atoms with Crippen LogP contribution in [0.15, 0.2) is 12.7 Å². The molecular weight excluding hydrogens is 180 g/mol. The van der Waals surface area contributed by atoms with Crippen LogP contribution in [0, 0.1) is 0 Å². The highest BCUT2D eigenvalue weighted by atomic mass is 16.6. The second kappa shape index (κ2) is 5.81. The van der Waals surface area contributed by atoms with Crippen molar-refractivity contribution >= 4 is 5.97 Å². The van der Waals surface area contributed by atoms with E-state index in [1.54, 1.807) is 13.0 Å². The summed E-state index contributed by atoms with van der Waals surface area (Å²) in [7, 11) is 0. The Balaban J connectivity index is 3.82. The summed E-state index contributed by atoms with van der Waals surface area (Å²) < 4.78 is 10.4. The third-order valence-corrected chi connectivity index (χ3v) is 1.43. The molecule has 3 nitrogen and oxygen atoms in total. The maximum absolute atomic E-state index is 11.4. The summed E-state index contributed by atoms with van der Waals surface area (Å²) in [5, 5.41) is 0. The van der Waals surface area contributed by atoms with Crippen LogP contribution < -0.4 is 0 Å². The molecule has 3 heteroatoms. The monoisotopic (exact) mass is 200 g/mol. The molecule has 0 saturated carbocycles. The Kier molecular flexibility index (Phi) is 5.46. The Labute approximate surface area is 86.1 Å². The number of esters is 1. The van der Waals surface area contributed by atoms with Crippen LogP contribution in [-0.4, -0.2) is 24.3 Å². The minimum atomic E-state index is -0.505. The van der Waals surface area contributed by atoms with Gasteiger partial charge in [-0.15, -0.1) is 6.58 Å². The number of carbonyl (C=O) groups excluding carboxylic acids is 1. The summed E-state index contributed by atoms with van der Waals surface area (Å²) in [6.45, 7) is 11.3. The Morgan fingerprint density at radius 3 is 2.50 bits per heavy atom. The van der Waals surface area contributed by atoms with Crippen LogP contribution in [-0.2, 0) is 14.3 Å². The van der Waals surface area contributed by atoms with Crippen molar-refractivity contribution in [3.05, 3.63) is 12.7 Å². The van der Waals surface area contributed by atoms with Crippen LogP contribution in [0.3, 0.4) is 0 Å². The van der Waals surface area contributed by atoms with Gasteiger partial charge in [0.25, 0.3) is 0 Å². The predicted octanol–water partition coefficient (Wildman–Crippen LogP) is 2.31. The molecule has 0 radical (unpaired) electrons. The van der Waals surface area contributed by atoms with Gasteiger partial charge in [-0.05, 0) is 34.1 Å². The molecule has 14 heavy (non-hydrogen) atoms. The van der Waals surface area contributed by atoms with Crippen molar-refractivity contribution < 1.29 is 14.3 Å². The highest BCUT2D eigenvalue weighted by molar-refractivity contribution is 5.74. The van der Waals surface area contributed by atoms with E-state index in [0.717, 1.165) is 6.42 Å². The first-order chi connectivity index (χ1) is 6.37. The number of carbonyl (C=O) groups is 1. The van der Waals surface area contributed by atoms with Crippen molar-refractivity contribution in [1.29, 1.82) is 0 Å². The van der Waals surface area contributed by atoms with Crippen LogP contribution in [0.1, 0.15) is 34.1 Å². The molecular formula is C11H20O3. The fourth-order valence-electron chi connectivity index (χ4n) is 0.781. The molecule has 0 spiro atoms. The SMILES string of the molecule is C=CCCOC(C)C(=O)OC(C)(C)C. The molecule has 0 N–H and O–H groups in total. The molecule has 0 bridgehead atoms. The van der Waals surface area contributed by atoms with Crippen molar-refractivity contribution in [3.8, 4) is 0 Å². The molecule has 1 unspecified atom stereocenters. The van der Waals surface area contributed by atoms with Gasteiger partial charge in [0.15, 0.2) is 6.10 Å². The number of hydrogen-bond acceptors (Lipinski definition) is 3. The largest absolute Gasteiger partial charge is 0.458 e. The molecule has 0 aliphatic heterocycles. The molecule has 82 valence electrons. The molecule has 0 aromatic carbocycles. The Hall–Kier alpha value is -0.830. The maximum atomic E-state index is 11.4. The first-order valence-corrected chi connectivity index (χ1v) is 4.82. The molecule has 0 aliphatic carbocycles. The van der Waals surface area contributed by atoms with Gasteiger partial charge >= 0.3 is 5.97 Å². The summed E-state index contributed by atoms with van der Waals surface area (Å²) in [4.78, 5) is 11.4. The van der Waals surface area contributed by atoms with Crippen molar-refractivity contribution in [2.45, 2.75) is 45.8 Å². The van der Waals surface area contributed by atoms with Crippen molar-refractivity contribution in [3.63, 3.8) is 0 Å². The Bertz CT molecular complexity index is 191. The van der Waals surface area contributed by atoms with Gasteiger partial charge in [-0.1, -0.05) is 6.08 Å². The third-order valence-electron chi connectivity index (χ3n) is 1.43. The van der Waals surface area contributed by atoms with E-state index in [2.05, 4.69) is 6.58 Å². The lowest BCUT2D eigenvalue weighted by molar-refractivity contribution is -0.167. The fourth-order valence-corrected chi connectivity index (χ4v) is 0.781. The number of rotatable bonds is 5. The van der Waals surface area contributed by atoms with E-state index < -0.39 is 11.7 Å². The van der Waals surface area contributed by atoms with Gasteiger partial charge in [-0.2, -0.15) is 0 Å². The molecule has 0 amide bonds. The van der Waals surface area contributed by atoms with Gasteiger partial charge in [0, 0.05) is 0 Å². The van der Waals surface area contributed by atoms with Gasteiger partial charge in [0.1, 0.15) is 5.60 Å². The zero-order chi connectivity index (χ0) is 11.2. The van der Waals surface area contributed by atoms with Gasteiger partial charge in [-0.25, -0.2) is 4.79 Å². The van der Waals surface area contributed by atoms with Crippen LogP contribution in [0.25, 0.3) is 0 Å². The number of ether oxygens (including phenoxy) is 2. The van der Waals surface area contributed by atoms with Crippen molar-refractivity contribution in [2.75, 3.05) is 6.61 Å². The van der Waals surface area contributed by atoms with Crippen LogP contribution >= 0.6 is 0 Å². The summed E-state index contributed by atoms with van der Waals surface area (Å²) in [5.41, 5.74) is -0.451. The van der Waals surface area contributed by atoms with E-state index in [1.807, 2.05) is 20.8 Å². The van der Waals surface area contributed by atoms with E-state index in [0.29, 0.717) is 6.61 Å². The zero-order valence-electron chi connectivity index (χ0n) is 9.50. The Morgan fingerprint density at radius 2 is 2.07 bits per heavy atom. The van der Waals surface area contributed by atoms with E-state index in [9.17, 15) is 4.79 Å². The second-order valence-corrected chi connectivity index (χ2v) is 4.12. The van der Waals surface area contributed by atoms with Gasteiger partial charge in [-0.3, -0.25) is 0 Å². The topological polar surface area (TPSA) is 35.5 Å². The first-order valence-electron chi connectivity index (χ1n) is 4.82. The highest BCUT2D eigenvalue weighted by Crippen LogP contribution is 2.09.